The van der Waals surface area contributed by atoms with Gasteiger partial charge in [-0.25, -0.2) is 8.42 Å². The molecule has 1 fully saturated rings. The molecule has 0 radical (unpaired) electrons. The van der Waals surface area contributed by atoms with Crippen molar-refractivity contribution in [3.8, 4) is 0 Å². The zero-order chi connectivity index (χ0) is 19.7. The first-order valence-corrected chi connectivity index (χ1v) is 11.0. The van der Waals surface area contributed by atoms with E-state index >= 15 is 0 Å². The molecule has 2 aromatic rings. The monoisotopic (exact) mass is 397 g/mol. The number of nitrogens with zero attached hydrogens (tertiary/aromatic N) is 2. The Labute approximate surface area is 165 Å². The first-order chi connectivity index (χ1) is 13.5. The number of carbonyl (C=O) groups excluding carboxylic acids is 1. The van der Waals surface area contributed by atoms with Crippen LogP contribution < -0.4 is 4.72 Å². The molecule has 2 heterocycles. The Morgan fingerprint density at radius 2 is 1.93 bits per heavy atom. The number of aryl methyl sites for hydroxylation is 1. The van der Waals surface area contributed by atoms with Gasteiger partial charge in [0, 0.05) is 18.5 Å². The first kappa shape index (κ1) is 18.7. The fourth-order valence-corrected chi connectivity index (χ4v) is 5.11. The lowest BCUT2D eigenvalue weighted by molar-refractivity contribution is -0.131. The molecule has 0 saturated carbocycles. The molecule has 0 aliphatic carbocycles. The zero-order valence-electron chi connectivity index (χ0n) is 15.8. The molecule has 1 atom stereocenters. The quantitative estimate of drug-likeness (QED) is 0.862. The Kier molecular flexibility index (Phi) is 4.93. The van der Waals surface area contributed by atoms with Crippen molar-refractivity contribution < 1.29 is 13.2 Å². The minimum absolute atomic E-state index is 0.0570. The highest BCUT2D eigenvalue weighted by Crippen LogP contribution is 2.32. The molecular formula is C21H23N3O3S. The van der Waals surface area contributed by atoms with Crippen molar-refractivity contribution >= 4 is 21.8 Å². The standard InChI is InChI=1S/C21H23N3O3S/c1-15-8-10-16(11-9-15)18-6-4-14-24(18)20(25)12-13-22-21-17-5-2-3-7-19(17)28(26,27)23-21/h2-3,5,7-11,18H,4,6,12-14H2,1H3,(H,22,23). The normalized spacial score (nSPS) is 21.5. The maximum atomic E-state index is 12.8. The minimum atomic E-state index is -3.55. The molecule has 0 spiro atoms. The lowest BCUT2D eigenvalue weighted by Gasteiger charge is -2.25. The van der Waals surface area contributed by atoms with Crippen molar-refractivity contribution in [3.63, 3.8) is 0 Å². The molecule has 0 aromatic heterocycles. The maximum Gasteiger partial charge on any atom is 0.263 e. The summed E-state index contributed by atoms with van der Waals surface area (Å²) >= 11 is 0. The summed E-state index contributed by atoms with van der Waals surface area (Å²) in [5.74, 6) is 0.376. The molecule has 2 aliphatic rings. The number of likely N-dealkylation sites (tertiary alicyclic amines) is 1. The number of benzene rings is 2. The van der Waals surface area contributed by atoms with Gasteiger partial charge in [0.2, 0.25) is 5.91 Å². The third-order valence-corrected chi connectivity index (χ3v) is 6.69. The topological polar surface area (TPSA) is 78.8 Å². The molecule has 6 nitrogen and oxygen atoms in total. The van der Waals surface area contributed by atoms with Gasteiger partial charge in [-0.2, -0.15) is 0 Å². The van der Waals surface area contributed by atoms with Gasteiger partial charge in [-0.05, 0) is 37.5 Å². The number of sulfonamides is 1. The van der Waals surface area contributed by atoms with Gasteiger partial charge in [0.1, 0.15) is 5.84 Å². The van der Waals surface area contributed by atoms with Gasteiger partial charge in [-0.1, -0.05) is 42.0 Å². The molecule has 28 heavy (non-hydrogen) atoms. The van der Waals surface area contributed by atoms with Gasteiger partial charge >= 0.3 is 0 Å². The lowest BCUT2D eigenvalue weighted by Crippen LogP contribution is -2.31. The number of hydrogen-bond donors (Lipinski definition) is 1. The highest BCUT2D eigenvalue weighted by atomic mass is 32.2. The van der Waals surface area contributed by atoms with Crippen LogP contribution in [0.2, 0.25) is 0 Å². The molecular weight excluding hydrogens is 374 g/mol. The van der Waals surface area contributed by atoms with Crippen molar-refractivity contribution in [2.24, 2.45) is 4.99 Å². The van der Waals surface area contributed by atoms with Crippen LogP contribution in [0, 0.1) is 6.92 Å². The van der Waals surface area contributed by atoms with E-state index in [1.165, 1.54) is 11.1 Å². The number of amidine groups is 1. The van der Waals surface area contributed by atoms with Gasteiger partial charge in [0.25, 0.3) is 10.0 Å². The van der Waals surface area contributed by atoms with E-state index < -0.39 is 10.0 Å². The highest BCUT2D eigenvalue weighted by molar-refractivity contribution is 7.90. The van der Waals surface area contributed by atoms with Crippen molar-refractivity contribution in [1.82, 2.24) is 9.62 Å². The van der Waals surface area contributed by atoms with Gasteiger partial charge in [0.05, 0.1) is 17.5 Å². The first-order valence-electron chi connectivity index (χ1n) is 9.48. The summed E-state index contributed by atoms with van der Waals surface area (Å²) in [7, 11) is -3.55. The largest absolute Gasteiger partial charge is 0.336 e. The smallest absolute Gasteiger partial charge is 0.263 e. The van der Waals surface area contributed by atoms with Gasteiger partial charge in [-0.15, -0.1) is 0 Å². The molecule has 0 bridgehead atoms. The van der Waals surface area contributed by atoms with E-state index in [0.29, 0.717) is 11.4 Å². The van der Waals surface area contributed by atoms with E-state index in [4.69, 9.17) is 0 Å². The van der Waals surface area contributed by atoms with E-state index in [-0.39, 0.29) is 29.8 Å². The molecule has 2 aromatic carbocycles. The highest BCUT2D eigenvalue weighted by Gasteiger charge is 2.31. The van der Waals surface area contributed by atoms with Crippen molar-refractivity contribution in [3.05, 3.63) is 65.2 Å². The van der Waals surface area contributed by atoms with Crippen LogP contribution in [-0.2, 0) is 14.8 Å². The maximum absolute atomic E-state index is 12.8. The van der Waals surface area contributed by atoms with Crippen molar-refractivity contribution in [2.45, 2.75) is 37.1 Å². The minimum Gasteiger partial charge on any atom is -0.336 e. The molecule has 2 aliphatic heterocycles. The Bertz CT molecular complexity index is 1030. The third-order valence-electron chi connectivity index (χ3n) is 5.29. The molecule has 1 N–H and O–H groups in total. The van der Waals surface area contributed by atoms with Crippen LogP contribution in [0.3, 0.4) is 0 Å². The predicted octanol–water partition coefficient (Wildman–Crippen LogP) is 2.79. The zero-order valence-corrected chi connectivity index (χ0v) is 16.6. The second kappa shape index (κ2) is 7.39. The van der Waals surface area contributed by atoms with Crippen LogP contribution in [-0.4, -0.2) is 38.2 Å². The average Bonchev–Trinajstić information content (AvgIpc) is 3.26. The van der Waals surface area contributed by atoms with Crippen LogP contribution in [0.25, 0.3) is 0 Å². The molecule has 146 valence electrons. The Morgan fingerprint density at radius 3 is 2.71 bits per heavy atom. The Balaban J connectivity index is 1.43. The number of amides is 1. The number of nitrogens with one attached hydrogen (secondary N) is 1. The third kappa shape index (κ3) is 3.54. The van der Waals surface area contributed by atoms with Gasteiger partial charge in [0.15, 0.2) is 0 Å². The summed E-state index contributed by atoms with van der Waals surface area (Å²) in [5, 5.41) is 0. The predicted molar refractivity (Wildman–Crippen MR) is 108 cm³/mol. The molecule has 1 unspecified atom stereocenters. The van der Waals surface area contributed by atoms with Gasteiger partial charge in [-0.3, -0.25) is 14.5 Å². The molecule has 1 amide bonds. The van der Waals surface area contributed by atoms with Crippen molar-refractivity contribution in [1.29, 1.82) is 0 Å². The SMILES string of the molecule is Cc1ccc(C2CCCN2C(=O)CCN=C2NS(=O)(=O)c3ccccc32)cc1. The van der Waals surface area contributed by atoms with E-state index in [0.717, 1.165) is 19.4 Å². The summed E-state index contributed by atoms with van der Waals surface area (Å²) in [5.41, 5.74) is 2.93. The summed E-state index contributed by atoms with van der Waals surface area (Å²) in [6.45, 7) is 3.06. The number of fused-ring (bicyclic) bond motifs is 1. The average molecular weight is 398 g/mol. The fraction of sp³-hybridized carbons (Fsp3) is 0.333. The van der Waals surface area contributed by atoms with Crippen LogP contribution in [0.1, 0.15) is 42.0 Å². The second-order valence-electron chi connectivity index (χ2n) is 7.24. The number of hydrogen-bond acceptors (Lipinski definition) is 4. The second-order valence-corrected chi connectivity index (χ2v) is 8.89. The van der Waals surface area contributed by atoms with E-state index in [9.17, 15) is 13.2 Å². The summed E-state index contributed by atoms with van der Waals surface area (Å²) in [4.78, 5) is 19.3. The summed E-state index contributed by atoms with van der Waals surface area (Å²) < 4.78 is 26.7. The molecule has 4 rings (SSSR count). The number of carbonyl (C=O) groups is 1. The summed E-state index contributed by atoms with van der Waals surface area (Å²) in [6, 6.07) is 15.2. The van der Waals surface area contributed by atoms with Crippen LogP contribution in [0.4, 0.5) is 0 Å². The lowest BCUT2D eigenvalue weighted by atomic mass is 10.0. The van der Waals surface area contributed by atoms with Crippen LogP contribution in [0.5, 0.6) is 0 Å². The molecule has 7 heteroatoms. The molecule has 1 saturated heterocycles. The van der Waals surface area contributed by atoms with E-state index in [1.54, 1.807) is 24.3 Å². The summed E-state index contributed by atoms with van der Waals surface area (Å²) in [6.07, 6.45) is 2.22. The van der Waals surface area contributed by atoms with Crippen LogP contribution in [0.15, 0.2) is 58.4 Å². The van der Waals surface area contributed by atoms with Gasteiger partial charge < -0.3 is 4.90 Å². The van der Waals surface area contributed by atoms with E-state index in [2.05, 4.69) is 40.9 Å². The number of rotatable bonds is 4. The van der Waals surface area contributed by atoms with E-state index in [1.807, 2.05) is 4.90 Å². The Hall–Kier alpha value is -2.67. The number of aliphatic imine (C=N–C) groups is 1. The fourth-order valence-electron chi connectivity index (χ4n) is 3.86. The van der Waals surface area contributed by atoms with Crippen LogP contribution >= 0.6 is 0 Å². The Morgan fingerprint density at radius 1 is 1.18 bits per heavy atom. The van der Waals surface area contributed by atoms with Crippen molar-refractivity contribution in [2.75, 3.05) is 13.1 Å².